The molecule has 1 aliphatic heterocycles. The monoisotopic (exact) mass is 383 g/mol. The first kappa shape index (κ1) is 20.7. The summed E-state index contributed by atoms with van der Waals surface area (Å²) in [5.74, 6) is 0.538. The number of nitrogens with zero attached hydrogens (tertiary/aromatic N) is 2. The SMILES string of the molecule is COc1ccc(S(=O)(=O)N2CCC(C(=O)NCCCN(C)C)CC2)cc1. The molecule has 8 heteroatoms. The lowest BCUT2D eigenvalue weighted by atomic mass is 9.97. The van der Waals surface area contributed by atoms with E-state index in [1.807, 2.05) is 14.1 Å². The zero-order valence-electron chi connectivity index (χ0n) is 15.8. The van der Waals surface area contributed by atoms with Crippen LogP contribution in [0.5, 0.6) is 5.75 Å². The number of amides is 1. The Morgan fingerprint density at radius 3 is 2.38 bits per heavy atom. The van der Waals surface area contributed by atoms with Crippen molar-refractivity contribution in [3.8, 4) is 5.75 Å². The van der Waals surface area contributed by atoms with Gasteiger partial charge in [-0.2, -0.15) is 4.31 Å². The molecule has 2 rings (SSSR count). The molecule has 1 aromatic carbocycles. The summed E-state index contributed by atoms with van der Waals surface area (Å²) in [5, 5.41) is 2.96. The van der Waals surface area contributed by atoms with E-state index in [1.165, 1.54) is 4.31 Å². The van der Waals surface area contributed by atoms with Crippen molar-refractivity contribution in [2.24, 2.45) is 5.92 Å². The van der Waals surface area contributed by atoms with Crippen LogP contribution in [0.15, 0.2) is 29.2 Å². The summed E-state index contributed by atoms with van der Waals surface area (Å²) in [5.41, 5.74) is 0. The van der Waals surface area contributed by atoms with Crippen molar-refractivity contribution in [3.05, 3.63) is 24.3 Å². The molecule has 1 aliphatic rings. The second-order valence-corrected chi connectivity index (χ2v) is 8.74. The number of hydrogen-bond acceptors (Lipinski definition) is 5. The third-order valence-corrected chi connectivity index (χ3v) is 6.52. The van der Waals surface area contributed by atoms with Gasteiger partial charge in [0.05, 0.1) is 12.0 Å². The number of methoxy groups -OCH3 is 1. The van der Waals surface area contributed by atoms with E-state index in [0.29, 0.717) is 38.2 Å². The van der Waals surface area contributed by atoms with E-state index >= 15 is 0 Å². The predicted octanol–water partition coefficient (Wildman–Crippen LogP) is 1.16. The highest BCUT2D eigenvalue weighted by atomic mass is 32.2. The van der Waals surface area contributed by atoms with Crippen LogP contribution in [0.3, 0.4) is 0 Å². The van der Waals surface area contributed by atoms with Crippen LogP contribution in [0.1, 0.15) is 19.3 Å². The molecule has 0 unspecified atom stereocenters. The molecule has 146 valence electrons. The molecule has 1 N–H and O–H groups in total. The van der Waals surface area contributed by atoms with Crippen LogP contribution >= 0.6 is 0 Å². The molecule has 0 aromatic heterocycles. The van der Waals surface area contributed by atoms with Gasteiger partial charge in [-0.15, -0.1) is 0 Å². The van der Waals surface area contributed by atoms with Crippen molar-refractivity contribution in [1.29, 1.82) is 0 Å². The van der Waals surface area contributed by atoms with Crippen LogP contribution < -0.4 is 10.1 Å². The number of ether oxygens (including phenoxy) is 1. The Morgan fingerprint density at radius 2 is 1.85 bits per heavy atom. The fraction of sp³-hybridized carbons (Fsp3) is 0.611. The van der Waals surface area contributed by atoms with E-state index in [-0.39, 0.29) is 16.7 Å². The number of hydrogen-bond donors (Lipinski definition) is 1. The molecule has 0 aliphatic carbocycles. The van der Waals surface area contributed by atoms with Crippen LogP contribution in [-0.4, -0.2) is 70.9 Å². The van der Waals surface area contributed by atoms with Crippen molar-refractivity contribution >= 4 is 15.9 Å². The third-order valence-electron chi connectivity index (χ3n) is 4.60. The van der Waals surface area contributed by atoms with Gasteiger partial charge >= 0.3 is 0 Å². The second-order valence-electron chi connectivity index (χ2n) is 6.80. The highest BCUT2D eigenvalue weighted by molar-refractivity contribution is 7.89. The summed E-state index contributed by atoms with van der Waals surface area (Å²) >= 11 is 0. The number of benzene rings is 1. The van der Waals surface area contributed by atoms with E-state index in [4.69, 9.17) is 4.74 Å². The van der Waals surface area contributed by atoms with Crippen molar-refractivity contribution in [3.63, 3.8) is 0 Å². The lowest BCUT2D eigenvalue weighted by molar-refractivity contribution is -0.126. The topological polar surface area (TPSA) is 79.0 Å². The molecular formula is C18H29N3O4S. The highest BCUT2D eigenvalue weighted by Crippen LogP contribution is 2.25. The van der Waals surface area contributed by atoms with Crippen molar-refractivity contribution in [1.82, 2.24) is 14.5 Å². The van der Waals surface area contributed by atoms with E-state index in [9.17, 15) is 13.2 Å². The Balaban J connectivity index is 1.85. The van der Waals surface area contributed by atoms with Crippen molar-refractivity contribution < 1.29 is 17.9 Å². The van der Waals surface area contributed by atoms with Gasteiger partial charge in [-0.05, 0) is 64.2 Å². The molecule has 0 radical (unpaired) electrons. The molecule has 1 aromatic rings. The summed E-state index contributed by atoms with van der Waals surface area (Å²) in [6, 6.07) is 6.39. The average Bonchev–Trinajstić information content (AvgIpc) is 2.65. The quantitative estimate of drug-likeness (QED) is 0.682. The maximum Gasteiger partial charge on any atom is 0.243 e. The van der Waals surface area contributed by atoms with Gasteiger partial charge in [0.25, 0.3) is 0 Å². The molecule has 1 fully saturated rings. The Morgan fingerprint density at radius 1 is 1.23 bits per heavy atom. The van der Waals surface area contributed by atoms with Crippen LogP contribution in [0.4, 0.5) is 0 Å². The largest absolute Gasteiger partial charge is 0.497 e. The van der Waals surface area contributed by atoms with Crippen LogP contribution in [0.25, 0.3) is 0 Å². The predicted molar refractivity (Wildman–Crippen MR) is 101 cm³/mol. The van der Waals surface area contributed by atoms with Gasteiger partial charge in [0.1, 0.15) is 5.75 Å². The van der Waals surface area contributed by atoms with Gasteiger partial charge in [-0.1, -0.05) is 0 Å². The van der Waals surface area contributed by atoms with Crippen LogP contribution in [0.2, 0.25) is 0 Å². The van der Waals surface area contributed by atoms with Gasteiger partial charge in [-0.25, -0.2) is 8.42 Å². The van der Waals surface area contributed by atoms with E-state index < -0.39 is 10.0 Å². The average molecular weight is 384 g/mol. The molecule has 0 spiro atoms. The Kier molecular flexibility index (Phi) is 7.43. The molecule has 0 bridgehead atoms. The minimum absolute atomic E-state index is 0.0326. The number of piperidine rings is 1. The fourth-order valence-corrected chi connectivity index (χ4v) is 4.48. The van der Waals surface area contributed by atoms with Crippen molar-refractivity contribution in [2.45, 2.75) is 24.2 Å². The second kappa shape index (κ2) is 9.34. The first-order valence-electron chi connectivity index (χ1n) is 8.91. The number of nitrogens with one attached hydrogen (secondary N) is 1. The van der Waals surface area contributed by atoms with E-state index in [2.05, 4.69) is 10.2 Å². The van der Waals surface area contributed by atoms with E-state index in [1.54, 1.807) is 31.4 Å². The first-order chi connectivity index (χ1) is 12.3. The van der Waals surface area contributed by atoms with Gasteiger partial charge in [0.2, 0.25) is 15.9 Å². The summed E-state index contributed by atoms with van der Waals surface area (Å²) in [7, 11) is 2.02. The Labute approximate surface area is 156 Å². The smallest absolute Gasteiger partial charge is 0.243 e. The van der Waals surface area contributed by atoms with E-state index in [0.717, 1.165) is 13.0 Å². The molecule has 26 heavy (non-hydrogen) atoms. The molecule has 0 saturated carbocycles. The van der Waals surface area contributed by atoms with Gasteiger partial charge in [0.15, 0.2) is 0 Å². The number of sulfonamides is 1. The summed E-state index contributed by atoms with van der Waals surface area (Å²) in [6.07, 6.45) is 2.01. The minimum atomic E-state index is -3.53. The Hall–Kier alpha value is -1.64. The van der Waals surface area contributed by atoms with Crippen LogP contribution in [0, 0.1) is 5.92 Å². The molecule has 1 amide bonds. The van der Waals surface area contributed by atoms with Gasteiger partial charge in [-0.3, -0.25) is 4.79 Å². The standard InChI is InChI=1S/C18H29N3O4S/c1-20(2)12-4-11-19-18(22)15-9-13-21(14-10-15)26(23,24)17-7-5-16(25-3)6-8-17/h5-8,15H,4,9-14H2,1-3H3,(H,19,22). The third kappa shape index (κ3) is 5.43. The summed E-state index contributed by atoms with van der Waals surface area (Å²) < 4.78 is 32.0. The lowest BCUT2D eigenvalue weighted by Crippen LogP contribution is -2.43. The maximum absolute atomic E-state index is 12.7. The van der Waals surface area contributed by atoms with Crippen molar-refractivity contribution in [2.75, 3.05) is 47.4 Å². The lowest BCUT2D eigenvalue weighted by Gasteiger charge is -2.30. The van der Waals surface area contributed by atoms with Gasteiger partial charge in [0, 0.05) is 25.6 Å². The maximum atomic E-state index is 12.7. The van der Waals surface area contributed by atoms with Gasteiger partial charge < -0.3 is 15.0 Å². The minimum Gasteiger partial charge on any atom is -0.497 e. The Bertz CT molecular complexity index is 681. The molecule has 1 heterocycles. The first-order valence-corrected chi connectivity index (χ1v) is 10.3. The fourth-order valence-electron chi connectivity index (χ4n) is 3.01. The number of carbonyl (C=O) groups is 1. The molecule has 1 saturated heterocycles. The molecule has 7 nitrogen and oxygen atoms in total. The van der Waals surface area contributed by atoms with Crippen LogP contribution in [-0.2, 0) is 14.8 Å². The highest BCUT2D eigenvalue weighted by Gasteiger charge is 2.31. The number of rotatable bonds is 8. The summed E-state index contributed by atoms with van der Waals surface area (Å²) in [4.78, 5) is 14.6. The summed E-state index contributed by atoms with van der Waals surface area (Å²) in [6.45, 7) is 2.31. The normalized spacial score (nSPS) is 16.6. The zero-order valence-corrected chi connectivity index (χ0v) is 16.6. The zero-order chi connectivity index (χ0) is 19.2. The molecular weight excluding hydrogens is 354 g/mol. The molecule has 0 atom stereocenters. The number of carbonyl (C=O) groups excluding carboxylic acids is 1.